The minimum Gasteiger partial charge on any atom is -0.375 e. The van der Waals surface area contributed by atoms with Crippen LogP contribution in [0.25, 0.3) is 16.3 Å². The Labute approximate surface area is 139 Å². The molecule has 2 aromatic rings. The van der Waals surface area contributed by atoms with Crippen molar-refractivity contribution >= 4 is 32.3 Å². The van der Waals surface area contributed by atoms with Crippen molar-refractivity contribution in [2.75, 3.05) is 0 Å². The van der Waals surface area contributed by atoms with Gasteiger partial charge in [-0.15, -0.1) is 0 Å². The SMILES string of the molecule is Cc1ccc2c3c(ccc2c1)C(C)(C)C1C3=CC=CC1(O)Br. The third-order valence-electron chi connectivity index (χ3n) is 5.20. The van der Waals surface area contributed by atoms with Gasteiger partial charge >= 0.3 is 0 Å². The molecule has 0 saturated heterocycles. The second-order valence-electron chi connectivity index (χ2n) is 7.08. The van der Waals surface area contributed by atoms with Gasteiger partial charge in [0, 0.05) is 11.3 Å². The third-order valence-corrected chi connectivity index (χ3v) is 5.92. The van der Waals surface area contributed by atoms with E-state index in [0.717, 1.165) is 0 Å². The Balaban J connectivity index is 2.10. The van der Waals surface area contributed by atoms with Crippen LogP contribution in [-0.4, -0.2) is 9.62 Å². The number of aryl methyl sites for hydroxylation is 1. The lowest BCUT2D eigenvalue weighted by Crippen LogP contribution is -2.40. The summed E-state index contributed by atoms with van der Waals surface area (Å²) < 4.78 is -0.989. The van der Waals surface area contributed by atoms with E-state index in [1.807, 2.05) is 12.2 Å². The molecule has 2 aliphatic carbocycles. The highest BCUT2D eigenvalue weighted by Gasteiger charge is 2.52. The van der Waals surface area contributed by atoms with Gasteiger partial charge in [-0.25, -0.2) is 0 Å². The van der Waals surface area contributed by atoms with Crippen LogP contribution in [0.5, 0.6) is 0 Å². The minimum absolute atomic E-state index is 0.0203. The Morgan fingerprint density at radius 2 is 1.91 bits per heavy atom. The smallest absolute Gasteiger partial charge is 0.146 e. The number of hydrogen-bond acceptors (Lipinski definition) is 1. The summed E-state index contributed by atoms with van der Waals surface area (Å²) in [4.78, 5) is 0. The molecule has 2 heteroatoms. The van der Waals surface area contributed by atoms with Crippen LogP contribution in [0.15, 0.2) is 48.6 Å². The van der Waals surface area contributed by atoms with Crippen molar-refractivity contribution in [2.45, 2.75) is 30.7 Å². The zero-order valence-corrected chi connectivity index (χ0v) is 14.6. The first-order valence-corrected chi connectivity index (χ1v) is 8.46. The van der Waals surface area contributed by atoms with Crippen LogP contribution in [-0.2, 0) is 5.41 Å². The van der Waals surface area contributed by atoms with Gasteiger partial charge in [0.2, 0.25) is 0 Å². The molecule has 2 unspecified atom stereocenters. The molecule has 2 aromatic carbocycles. The Morgan fingerprint density at radius 1 is 1.14 bits per heavy atom. The number of halogens is 1. The highest BCUT2D eigenvalue weighted by molar-refractivity contribution is 9.10. The van der Waals surface area contributed by atoms with Crippen molar-refractivity contribution in [3.8, 4) is 0 Å². The molecular formula is C20H19BrO. The van der Waals surface area contributed by atoms with Gasteiger partial charge in [-0.3, -0.25) is 0 Å². The summed E-state index contributed by atoms with van der Waals surface area (Å²) in [5, 5.41) is 13.4. The van der Waals surface area contributed by atoms with Crippen molar-refractivity contribution in [1.29, 1.82) is 0 Å². The Hall–Kier alpha value is -1.38. The van der Waals surface area contributed by atoms with Gasteiger partial charge in [0.25, 0.3) is 0 Å². The van der Waals surface area contributed by atoms with Crippen molar-refractivity contribution in [2.24, 2.45) is 5.92 Å². The number of aliphatic hydroxyl groups is 1. The molecule has 2 atom stereocenters. The van der Waals surface area contributed by atoms with Gasteiger partial charge in [-0.1, -0.05) is 61.9 Å². The molecule has 22 heavy (non-hydrogen) atoms. The summed E-state index contributed by atoms with van der Waals surface area (Å²) in [5.74, 6) is 0.0203. The maximum atomic E-state index is 10.9. The summed E-state index contributed by atoms with van der Waals surface area (Å²) in [6, 6.07) is 11.1. The van der Waals surface area contributed by atoms with E-state index in [1.54, 1.807) is 0 Å². The summed E-state index contributed by atoms with van der Waals surface area (Å²) in [6.07, 6.45) is 5.97. The van der Waals surface area contributed by atoms with Gasteiger partial charge in [-0.05, 0) is 56.4 Å². The molecule has 1 N–H and O–H groups in total. The molecule has 0 aliphatic heterocycles. The minimum atomic E-state index is -0.989. The Kier molecular flexibility index (Phi) is 2.80. The normalized spacial score (nSPS) is 28.4. The first kappa shape index (κ1) is 14.2. The number of rotatable bonds is 0. The first-order chi connectivity index (χ1) is 10.3. The quantitative estimate of drug-likeness (QED) is 0.653. The maximum absolute atomic E-state index is 10.9. The topological polar surface area (TPSA) is 20.2 Å². The number of fused-ring (bicyclic) bond motifs is 5. The van der Waals surface area contributed by atoms with Crippen LogP contribution >= 0.6 is 15.9 Å². The van der Waals surface area contributed by atoms with Crippen LogP contribution in [0.1, 0.15) is 30.5 Å². The number of benzene rings is 2. The molecule has 0 saturated carbocycles. The molecule has 0 heterocycles. The van der Waals surface area contributed by atoms with E-state index in [1.165, 1.54) is 33.0 Å². The average molecular weight is 355 g/mol. The molecule has 0 aromatic heterocycles. The van der Waals surface area contributed by atoms with Gasteiger partial charge in [0.15, 0.2) is 0 Å². The van der Waals surface area contributed by atoms with Crippen molar-refractivity contribution in [3.63, 3.8) is 0 Å². The molecule has 0 fully saturated rings. The van der Waals surface area contributed by atoms with E-state index in [0.29, 0.717) is 0 Å². The Bertz CT molecular complexity index is 855. The van der Waals surface area contributed by atoms with Gasteiger partial charge < -0.3 is 5.11 Å². The summed E-state index contributed by atoms with van der Waals surface area (Å²) >= 11 is 3.54. The van der Waals surface area contributed by atoms with Gasteiger partial charge in [-0.2, -0.15) is 0 Å². The summed E-state index contributed by atoms with van der Waals surface area (Å²) in [5.41, 5.74) is 5.01. The molecule has 2 aliphatic rings. The second kappa shape index (κ2) is 4.33. The molecule has 0 spiro atoms. The van der Waals surface area contributed by atoms with Crippen molar-refractivity contribution < 1.29 is 5.11 Å². The van der Waals surface area contributed by atoms with Crippen molar-refractivity contribution in [3.05, 3.63) is 65.3 Å². The Morgan fingerprint density at radius 3 is 2.68 bits per heavy atom. The number of alkyl halides is 1. The monoisotopic (exact) mass is 354 g/mol. The van der Waals surface area contributed by atoms with E-state index in [9.17, 15) is 5.11 Å². The number of allylic oxidation sites excluding steroid dienone is 2. The van der Waals surface area contributed by atoms with E-state index in [-0.39, 0.29) is 11.3 Å². The molecule has 0 bridgehead atoms. The molecule has 112 valence electrons. The zero-order valence-electron chi connectivity index (χ0n) is 13.0. The first-order valence-electron chi connectivity index (χ1n) is 7.67. The fraction of sp³-hybridized carbons (Fsp3) is 0.300. The van der Waals surface area contributed by atoms with E-state index in [4.69, 9.17) is 0 Å². The van der Waals surface area contributed by atoms with Gasteiger partial charge in [0.05, 0.1) is 0 Å². The molecule has 1 nitrogen and oxygen atoms in total. The van der Waals surface area contributed by atoms with Crippen molar-refractivity contribution in [1.82, 2.24) is 0 Å². The lowest BCUT2D eigenvalue weighted by Gasteiger charge is -2.38. The van der Waals surface area contributed by atoms with E-state index < -0.39 is 4.51 Å². The van der Waals surface area contributed by atoms with Crippen LogP contribution in [0.2, 0.25) is 0 Å². The second-order valence-corrected chi connectivity index (χ2v) is 8.35. The van der Waals surface area contributed by atoms with Crippen LogP contribution in [0.4, 0.5) is 0 Å². The zero-order chi connectivity index (χ0) is 15.7. The average Bonchev–Trinajstić information content (AvgIpc) is 2.67. The molecule has 0 radical (unpaired) electrons. The van der Waals surface area contributed by atoms with Crippen LogP contribution < -0.4 is 0 Å². The fourth-order valence-corrected chi connectivity index (χ4v) is 5.24. The van der Waals surface area contributed by atoms with E-state index >= 15 is 0 Å². The lowest BCUT2D eigenvalue weighted by atomic mass is 9.73. The molecule has 4 rings (SSSR count). The van der Waals surface area contributed by atoms with Gasteiger partial charge in [0.1, 0.15) is 4.51 Å². The molecular weight excluding hydrogens is 336 g/mol. The van der Waals surface area contributed by atoms with Crippen LogP contribution in [0, 0.1) is 12.8 Å². The maximum Gasteiger partial charge on any atom is 0.146 e. The third kappa shape index (κ3) is 1.74. The highest BCUT2D eigenvalue weighted by atomic mass is 79.9. The number of hydrogen-bond donors (Lipinski definition) is 1. The summed E-state index contributed by atoms with van der Waals surface area (Å²) in [7, 11) is 0. The predicted molar refractivity (Wildman–Crippen MR) is 96.2 cm³/mol. The highest BCUT2D eigenvalue weighted by Crippen LogP contribution is 2.58. The summed E-state index contributed by atoms with van der Waals surface area (Å²) in [6.45, 7) is 6.57. The van der Waals surface area contributed by atoms with Crippen LogP contribution in [0.3, 0.4) is 0 Å². The lowest BCUT2D eigenvalue weighted by molar-refractivity contribution is 0.119. The largest absolute Gasteiger partial charge is 0.375 e. The standard InChI is InChI=1S/C20H19BrO/c1-12-6-8-14-13(11-12)7-9-16-17(14)15-5-4-10-20(21,22)18(15)19(16,2)3/h4-11,18,22H,1-3H3. The fourth-order valence-electron chi connectivity index (χ4n) is 4.27. The predicted octanol–water partition coefficient (Wildman–Crippen LogP) is 5.09. The molecule has 0 amide bonds. The van der Waals surface area contributed by atoms with E-state index in [2.05, 4.69) is 73.1 Å².